The summed E-state index contributed by atoms with van der Waals surface area (Å²) >= 11 is 5.81. The predicted octanol–water partition coefficient (Wildman–Crippen LogP) is 1.93. The first-order valence-electron chi connectivity index (χ1n) is 5.14. The fourth-order valence-electron chi connectivity index (χ4n) is 1.76. The normalized spacial score (nSPS) is 20.8. The fraction of sp³-hybridized carbons (Fsp3) is 0.455. The van der Waals surface area contributed by atoms with Gasteiger partial charge < -0.3 is 10.6 Å². The third kappa shape index (κ3) is 2.91. The molecule has 0 aromatic heterocycles. The van der Waals surface area contributed by atoms with E-state index in [1.54, 1.807) is 12.1 Å². The molecule has 1 fully saturated rings. The molecule has 1 aliphatic rings. The van der Waals surface area contributed by atoms with Crippen LogP contribution in [-0.2, 0) is 6.54 Å². The molecule has 0 aliphatic carbocycles. The molecule has 1 aromatic rings. The molecular weight excluding hydrogens is 215 g/mol. The monoisotopic (exact) mass is 228 g/mol. The van der Waals surface area contributed by atoms with Gasteiger partial charge in [0.2, 0.25) is 0 Å². The van der Waals surface area contributed by atoms with Crippen molar-refractivity contribution in [1.82, 2.24) is 10.6 Å². The van der Waals surface area contributed by atoms with E-state index >= 15 is 0 Å². The maximum absolute atomic E-state index is 13.3. The second-order valence-corrected chi connectivity index (χ2v) is 4.24. The van der Waals surface area contributed by atoms with E-state index in [2.05, 4.69) is 10.6 Å². The lowest BCUT2D eigenvalue weighted by Crippen LogP contribution is -2.30. The highest BCUT2D eigenvalue weighted by Crippen LogP contribution is 2.15. The van der Waals surface area contributed by atoms with Crippen molar-refractivity contribution in [3.8, 4) is 0 Å². The van der Waals surface area contributed by atoms with Gasteiger partial charge in [0, 0.05) is 29.7 Å². The van der Waals surface area contributed by atoms with Crippen LogP contribution in [0, 0.1) is 5.82 Å². The molecule has 0 radical (unpaired) electrons. The van der Waals surface area contributed by atoms with Crippen molar-refractivity contribution in [2.45, 2.75) is 19.0 Å². The lowest BCUT2D eigenvalue weighted by Gasteiger charge is -2.11. The van der Waals surface area contributed by atoms with Crippen LogP contribution in [-0.4, -0.2) is 19.1 Å². The minimum absolute atomic E-state index is 0.196. The van der Waals surface area contributed by atoms with Gasteiger partial charge in [0.05, 0.1) is 0 Å². The van der Waals surface area contributed by atoms with E-state index in [0.717, 1.165) is 19.5 Å². The molecule has 1 saturated heterocycles. The van der Waals surface area contributed by atoms with Gasteiger partial charge in [-0.25, -0.2) is 4.39 Å². The van der Waals surface area contributed by atoms with Crippen molar-refractivity contribution < 1.29 is 4.39 Å². The molecule has 1 aromatic carbocycles. The van der Waals surface area contributed by atoms with Crippen molar-refractivity contribution in [2.75, 3.05) is 13.1 Å². The number of hydrogen-bond acceptors (Lipinski definition) is 2. The SMILES string of the molecule is Fc1ccc(Cl)cc1CNC1CCNC1. The number of hydrogen-bond donors (Lipinski definition) is 2. The van der Waals surface area contributed by atoms with Crippen LogP contribution in [0.1, 0.15) is 12.0 Å². The maximum atomic E-state index is 13.3. The van der Waals surface area contributed by atoms with Crippen molar-refractivity contribution in [3.63, 3.8) is 0 Å². The summed E-state index contributed by atoms with van der Waals surface area (Å²) in [6.45, 7) is 2.54. The van der Waals surface area contributed by atoms with Gasteiger partial charge >= 0.3 is 0 Å². The molecule has 0 saturated carbocycles. The highest BCUT2D eigenvalue weighted by atomic mass is 35.5. The minimum atomic E-state index is -0.196. The van der Waals surface area contributed by atoms with Crippen LogP contribution < -0.4 is 10.6 Å². The van der Waals surface area contributed by atoms with E-state index < -0.39 is 0 Å². The molecule has 82 valence electrons. The molecule has 0 bridgehead atoms. The quantitative estimate of drug-likeness (QED) is 0.826. The second-order valence-electron chi connectivity index (χ2n) is 3.81. The zero-order valence-electron chi connectivity index (χ0n) is 8.39. The first-order chi connectivity index (χ1) is 7.25. The predicted molar refractivity (Wildman–Crippen MR) is 59.5 cm³/mol. The highest BCUT2D eigenvalue weighted by Gasteiger charge is 2.14. The van der Waals surface area contributed by atoms with E-state index in [-0.39, 0.29) is 5.82 Å². The van der Waals surface area contributed by atoms with Crippen LogP contribution in [0.3, 0.4) is 0 Å². The third-order valence-corrected chi connectivity index (χ3v) is 2.88. The second kappa shape index (κ2) is 4.92. The summed E-state index contributed by atoms with van der Waals surface area (Å²) in [5.41, 5.74) is 0.634. The Morgan fingerprint density at radius 1 is 1.53 bits per heavy atom. The molecule has 1 heterocycles. The Bertz CT molecular complexity index is 337. The summed E-state index contributed by atoms with van der Waals surface area (Å²) in [6, 6.07) is 5.10. The van der Waals surface area contributed by atoms with Crippen molar-refractivity contribution >= 4 is 11.6 Å². The van der Waals surface area contributed by atoms with E-state index in [4.69, 9.17) is 11.6 Å². The minimum Gasteiger partial charge on any atom is -0.315 e. The van der Waals surface area contributed by atoms with Gasteiger partial charge in [0.25, 0.3) is 0 Å². The smallest absolute Gasteiger partial charge is 0.127 e. The zero-order valence-corrected chi connectivity index (χ0v) is 9.15. The Morgan fingerprint density at radius 3 is 3.13 bits per heavy atom. The molecule has 1 aliphatic heterocycles. The molecule has 2 rings (SSSR count). The summed E-state index contributed by atoms with van der Waals surface area (Å²) in [7, 11) is 0. The molecule has 1 atom stereocenters. The number of nitrogens with one attached hydrogen (secondary N) is 2. The highest BCUT2D eigenvalue weighted by molar-refractivity contribution is 6.30. The largest absolute Gasteiger partial charge is 0.315 e. The van der Waals surface area contributed by atoms with Gasteiger partial charge in [0.15, 0.2) is 0 Å². The Labute approximate surface area is 93.8 Å². The average Bonchev–Trinajstić information content (AvgIpc) is 2.72. The lowest BCUT2D eigenvalue weighted by molar-refractivity contribution is 0.527. The molecule has 0 amide bonds. The number of halogens is 2. The molecular formula is C11H14ClFN2. The van der Waals surface area contributed by atoms with Gasteiger partial charge in [-0.2, -0.15) is 0 Å². The van der Waals surface area contributed by atoms with Crippen LogP contribution in [0.4, 0.5) is 4.39 Å². The van der Waals surface area contributed by atoms with E-state index in [1.165, 1.54) is 6.07 Å². The van der Waals surface area contributed by atoms with E-state index in [1.807, 2.05) is 0 Å². The van der Waals surface area contributed by atoms with Gasteiger partial charge in [-0.1, -0.05) is 11.6 Å². The van der Waals surface area contributed by atoms with Crippen LogP contribution in [0.25, 0.3) is 0 Å². The Kier molecular flexibility index (Phi) is 3.57. The van der Waals surface area contributed by atoms with Crippen LogP contribution in [0.15, 0.2) is 18.2 Å². The summed E-state index contributed by atoms with van der Waals surface area (Å²) < 4.78 is 13.3. The third-order valence-electron chi connectivity index (χ3n) is 2.65. The average molecular weight is 229 g/mol. The number of rotatable bonds is 3. The summed E-state index contributed by atoms with van der Waals surface area (Å²) in [5, 5.41) is 7.14. The molecule has 0 spiro atoms. The summed E-state index contributed by atoms with van der Waals surface area (Å²) in [4.78, 5) is 0. The Balaban J connectivity index is 1.94. The first kappa shape index (κ1) is 10.9. The first-order valence-corrected chi connectivity index (χ1v) is 5.51. The Hall–Kier alpha value is -0.640. The molecule has 4 heteroatoms. The van der Waals surface area contributed by atoms with Gasteiger partial charge in [-0.3, -0.25) is 0 Å². The van der Waals surface area contributed by atoms with Crippen LogP contribution >= 0.6 is 11.6 Å². The van der Waals surface area contributed by atoms with Crippen molar-refractivity contribution in [2.24, 2.45) is 0 Å². The van der Waals surface area contributed by atoms with E-state index in [0.29, 0.717) is 23.2 Å². The zero-order chi connectivity index (χ0) is 10.7. The van der Waals surface area contributed by atoms with Crippen LogP contribution in [0.2, 0.25) is 5.02 Å². The summed E-state index contributed by atoms with van der Waals surface area (Å²) in [6.07, 6.45) is 1.10. The van der Waals surface area contributed by atoms with Gasteiger partial charge in [-0.15, -0.1) is 0 Å². The molecule has 2 N–H and O–H groups in total. The lowest BCUT2D eigenvalue weighted by atomic mass is 10.2. The summed E-state index contributed by atoms with van der Waals surface area (Å²) in [5.74, 6) is -0.196. The van der Waals surface area contributed by atoms with E-state index in [9.17, 15) is 4.39 Å². The Morgan fingerprint density at radius 2 is 2.40 bits per heavy atom. The molecule has 15 heavy (non-hydrogen) atoms. The molecule has 2 nitrogen and oxygen atoms in total. The number of benzene rings is 1. The van der Waals surface area contributed by atoms with Crippen molar-refractivity contribution in [1.29, 1.82) is 0 Å². The standard InChI is InChI=1S/C11H14ClFN2/c12-9-1-2-11(13)8(5-9)6-15-10-3-4-14-7-10/h1-2,5,10,14-15H,3-4,6-7H2. The van der Waals surface area contributed by atoms with Gasteiger partial charge in [-0.05, 0) is 31.2 Å². The maximum Gasteiger partial charge on any atom is 0.127 e. The van der Waals surface area contributed by atoms with Crippen LogP contribution in [0.5, 0.6) is 0 Å². The van der Waals surface area contributed by atoms with Gasteiger partial charge in [0.1, 0.15) is 5.82 Å². The van der Waals surface area contributed by atoms with Crippen molar-refractivity contribution in [3.05, 3.63) is 34.6 Å². The topological polar surface area (TPSA) is 24.1 Å². The molecule has 1 unspecified atom stereocenters. The fourth-order valence-corrected chi connectivity index (χ4v) is 1.96.